The molecule has 3 rings (SSSR count). The highest BCUT2D eigenvalue weighted by Gasteiger charge is 2.41. The van der Waals surface area contributed by atoms with E-state index in [1.165, 1.54) is 0 Å². The van der Waals surface area contributed by atoms with E-state index in [-0.39, 0.29) is 17.3 Å². The van der Waals surface area contributed by atoms with Crippen molar-refractivity contribution in [1.82, 2.24) is 9.97 Å². The molecular weight excluding hydrogens is 256 g/mol. The van der Waals surface area contributed by atoms with Crippen molar-refractivity contribution < 1.29 is 14.3 Å². The molecule has 0 aromatic carbocycles. The lowest BCUT2D eigenvalue weighted by Crippen LogP contribution is -2.46. The largest absolute Gasteiger partial charge is 0.381 e. The van der Waals surface area contributed by atoms with Gasteiger partial charge >= 0.3 is 0 Å². The number of aromatic nitrogens is 2. The molecule has 108 valence electrons. The summed E-state index contributed by atoms with van der Waals surface area (Å²) < 4.78 is 11.4. The second-order valence-corrected chi connectivity index (χ2v) is 5.78. The molecule has 5 heteroatoms. The standard InChI is InChI=1S/C15H20N2O3/c1-11-9-16-14(17-10-11)13(18)12-2-5-20-15(8-12)3-6-19-7-4-15/h9-10,12H,2-8H2,1H3. The maximum Gasteiger partial charge on any atom is 0.203 e. The van der Waals surface area contributed by atoms with Gasteiger partial charge in [-0.15, -0.1) is 0 Å². The molecule has 0 bridgehead atoms. The summed E-state index contributed by atoms with van der Waals surface area (Å²) in [5, 5.41) is 0. The fourth-order valence-electron chi connectivity index (χ4n) is 3.05. The lowest BCUT2D eigenvalue weighted by atomic mass is 9.79. The zero-order valence-electron chi connectivity index (χ0n) is 11.8. The number of nitrogens with zero attached hydrogens (tertiary/aromatic N) is 2. The Morgan fingerprint density at radius 2 is 1.95 bits per heavy atom. The molecule has 5 nitrogen and oxygen atoms in total. The first-order valence-electron chi connectivity index (χ1n) is 7.23. The Balaban J connectivity index is 1.73. The number of Topliss-reactive ketones (excluding diaryl/α,β-unsaturated/α-hetero) is 1. The third-order valence-corrected chi connectivity index (χ3v) is 4.27. The number of ether oxygens (including phenoxy) is 2. The third-order valence-electron chi connectivity index (χ3n) is 4.27. The zero-order chi connectivity index (χ0) is 14.0. The van der Waals surface area contributed by atoms with Crippen LogP contribution < -0.4 is 0 Å². The lowest BCUT2D eigenvalue weighted by Gasteiger charge is -2.42. The van der Waals surface area contributed by atoms with E-state index in [0.717, 1.165) is 44.5 Å². The van der Waals surface area contributed by atoms with Gasteiger partial charge in [0, 0.05) is 38.1 Å². The first-order chi connectivity index (χ1) is 9.69. The van der Waals surface area contributed by atoms with Crippen molar-refractivity contribution in [2.24, 2.45) is 5.92 Å². The summed E-state index contributed by atoms with van der Waals surface area (Å²) >= 11 is 0. The number of aryl methyl sites for hydroxylation is 1. The van der Waals surface area contributed by atoms with Crippen molar-refractivity contribution in [1.29, 1.82) is 0 Å². The number of rotatable bonds is 2. The van der Waals surface area contributed by atoms with Gasteiger partial charge < -0.3 is 9.47 Å². The maximum absolute atomic E-state index is 12.5. The van der Waals surface area contributed by atoms with E-state index in [0.29, 0.717) is 12.4 Å². The van der Waals surface area contributed by atoms with Crippen molar-refractivity contribution in [3.8, 4) is 0 Å². The van der Waals surface area contributed by atoms with E-state index in [4.69, 9.17) is 9.47 Å². The zero-order valence-corrected chi connectivity index (χ0v) is 11.8. The molecular formula is C15H20N2O3. The van der Waals surface area contributed by atoms with Crippen LogP contribution in [0.1, 0.15) is 41.9 Å². The molecule has 1 aromatic heterocycles. The van der Waals surface area contributed by atoms with Crippen LogP contribution in [0, 0.1) is 12.8 Å². The van der Waals surface area contributed by atoms with E-state index >= 15 is 0 Å². The fraction of sp³-hybridized carbons (Fsp3) is 0.667. The SMILES string of the molecule is Cc1cnc(C(=O)C2CCOC3(CCOCC3)C2)nc1. The van der Waals surface area contributed by atoms with Crippen LogP contribution in [0.15, 0.2) is 12.4 Å². The fourth-order valence-corrected chi connectivity index (χ4v) is 3.05. The van der Waals surface area contributed by atoms with Crippen LogP contribution in [0.2, 0.25) is 0 Å². The minimum atomic E-state index is -0.165. The molecule has 1 atom stereocenters. The van der Waals surface area contributed by atoms with Gasteiger partial charge in [0.25, 0.3) is 0 Å². The predicted octanol–water partition coefficient (Wildman–Crippen LogP) is 1.94. The first kappa shape index (κ1) is 13.6. The summed E-state index contributed by atoms with van der Waals surface area (Å²) in [6.45, 7) is 4.01. The molecule has 0 aliphatic carbocycles. The van der Waals surface area contributed by atoms with Crippen molar-refractivity contribution in [2.45, 2.75) is 38.2 Å². The molecule has 2 saturated heterocycles. The smallest absolute Gasteiger partial charge is 0.203 e. The Labute approximate surface area is 118 Å². The molecule has 0 amide bonds. The number of carbonyl (C=O) groups is 1. The Bertz CT molecular complexity index is 475. The molecule has 1 spiro atoms. The molecule has 3 heterocycles. The lowest BCUT2D eigenvalue weighted by molar-refractivity contribution is -0.142. The van der Waals surface area contributed by atoms with Gasteiger partial charge in [0.15, 0.2) is 5.82 Å². The first-order valence-corrected chi connectivity index (χ1v) is 7.23. The molecule has 1 aromatic rings. The second kappa shape index (κ2) is 5.58. The highest BCUT2D eigenvalue weighted by molar-refractivity contribution is 5.94. The van der Waals surface area contributed by atoms with Crippen molar-refractivity contribution >= 4 is 5.78 Å². The van der Waals surface area contributed by atoms with Crippen LogP contribution in [-0.4, -0.2) is 41.2 Å². The summed E-state index contributed by atoms with van der Waals surface area (Å²) in [4.78, 5) is 20.8. The molecule has 0 saturated carbocycles. The Morgan fingerprint density at radius 1 is 1.25 bits per heavy atom. The molecule has 0 N–H and O–H groups in total. The van der Waals surface area contributed by atoms with Gasteiger partial charge in [-0.1, -0.05) is 0 Å². The number of hydrogen-bond donors (Lipinski definition) is 0. The third kappa shape index (κ3) is 2.74. The van der Waals surface area contributed by atoms with Crippen LogP contribution in [0.3, 0.4) is 0 Å². The van der Waals surface area contributed by atoms with E-state index < -0.39 is 0 Å². The number of carbonyl (C=O) groups excluding carboxylic acids is 1. The van der Waals surface area contributed by atoms with Gasteiger partial charge in [-0.05, 0) is 38.2 Å². The van der Waals surface area contributed by atoms with Crippen molar-refractivity contribution in [3.05, 3.63) is 23.8 Å². The molecule has 2 aliphatic rings. The average Bonchev–Trinajstić information content (AvgIpc) is 2.48. The minimum Gasteiger partial charge on any atom is -0.381 e. The summed E-state index contributed by atoms with van der Waals surface area (Å²) in [5.74, 6) is 0.369. The Hall–Kier alpha value is -1.33. The van der Waals surface area contributed by atoms with Gasteiger partial charge in [0.2, 0.25) is 5.78 Å². The van der Waals surface area contributed by atoms with Gasteiger partial charge in [-0.2, -0.15) is 0 Å². The van der Waals surface area contributed by atoms with E-state index in [2.05, 4.69) is 9.97 Å². The average molecular weight is 276 g/mol. The van der Waals surface area contributed by atoms with Crippen molar-refractivity contribution in [3.63, 3.8) is 0 Å². The number of ketones is 1. The minimum absolute atomic E-state index is 0.0236. The Morgan fingerprint density at radius 3 is 2.65 bits per heavy atom. The molecule has 2 fully saturated rings. The molecule has 0 radical (unpaired) electrons. The van der Waals surface area contributed by atoms with Crippen LogP contribution in [-0.2, 0) is 9.47 Å². The second-order valence-electron chi connectivity index (χ2n) is 5.78. The van der Waals surface area contributed by atoms with Crippen LogP contribution in [0.25, 0.3) is 0 Å². The number of hydrogen-bond acceptors (Lipinski definition) is 5. The maximum atomic E-state index is 12.5. The van der Waals surface area contributed by atoms with Gasteiger partial charge in [0.1, 0.15) is 0 Å². The van der Waals surface area contributed by atoms with E-state index in [1.807, 2.05) is 6.92 Å². The predicted molar refractivity (Wildman–Crippen MR) is 72.6 cm³/mol. The topological polar surface area (TPSA) is 61.3 Å². The highest BCUT2D eigenvalue weighted by Crippen LogP contribution is 2.37. The van der Waals surface area contributed by atoms with Crippen LogP contribution in [0.4, 0.5) is 0 Å². The monoisotopic (exact) mass is 276 g/mol. The quantitative estimate of drug-likeness (QED) is 0.773. The molecule has 1 unspecified atom stereocenters. The van der Waals surface area contributed by atoms with Crippen LogP contribution in [0.5, 0.6) is 0 Å². The van der Waals surface area contributed by atoms with E-state index in [9.17, 15) is 4.79 Å². The molecule has 2 aliphatic heterocycles. The van der Waals surface area contributed by atoms with E-state index in [1.54, 1.807) is 12.4 Å². The summed E-state index contributed by atoms with van der Waals surface area (Å²) in [7, 11) is 0. The summed E-state index contributed by atoms with van der Waals surface area (Å²) in [6.07, 6.45) is 6.69. The van der Waals surface area contributed by atoms with Gasteiger partial charge in [-0.25, -0.2) is 9.97 Å². The van der Waals surface area contributed by atoms with Crippen molar-refractivity contribution in [2.75, 3.05) is 19.8 Å². The van der Waals surface area contributed by atoms with Crippen LogP contribution >= 0.6 is 0 Å². The normalized spacial score (nSPS) is 25.6. The Kier molecular flexibility index (Phi) is 3.81. The van der Waals surface area contributed by atoms with Gasteiger partial charge in [-0.3, -0.25) is 4.79 Å². The summed E-state index contributed by atoms with van der Waals surface area (Å²) in [5.41, 5.74) is 0.802. The summed E-state index contributed by atoms with van der Waals surface area (Å²) in [6, 6.07) is 0. The molecule has 20 heavy (non-hydrogen) atoms. The highest BCUT2D eigenvalue weighted by atomic mass is 16.5. The van der Waals surface area contributed by atoms with Gasteiger partial charge in [0.05, 0.1) is 5.60 Å².